The van der Waals surface area contributed by atoms with Crippen molar-refractivity contribution in [3.05, 3.63) is 41.7 Å². The monoisotopic (exact) mass is 282 g/mol. The standard InChI is InChI=1S/C15H14N4O2/c1-8-4-6-17-14-12(8)18-15(21)9-3-2-5-16-13(9)19(14)10-7-11(10)20/h2-6,10-11,20H,7H2,1H3,(H,18,21). The van der Waals surface area contributed by atoms with Gasteiger partial charge in [-0.15, -0.1) is 0 Å². The van der Waals surface area contributed by atoms with Crippen LogP contribution in [0.5, 0.6) is 0 Å². The molecule has 1 aliphatic carbocycles. The third kappa shape index (κ3) is 1.80. The van der Waals surface area contributed by atoms with Crippen LogP contribution in [0.25, 0.3) is 0 Å². The molecule has 6 nitrogen and oxygen atoms in total. The Morgan fingerprint density at radius 2 is 2.05 bits per heavy atom. The SMILES string of the molecule is Cc1ccnc2c1NC(=O)c1cccnc1N2C1CC1O. The summed E-state index contributed by atoms with van der Waals surface area (Å²) >= 11 is 0. The maximum Gasteiger partial charge on any atom is 0.259 e. The molecule has 21 heavy (non-hydrogen) atoms. The number of carbonyl (C=O) groups excluding carboxylic acids is 1. The lowest BCUT2D eigenvalue weighted by molar-refractivity contribution is 0.102. The van der Waals surface area contributed by atoms with Crippen molar-refractivity contribution in [2.75, 3.05) is 10.2 Å². The van der Waals surface area contributed by atoms with E-state index >= 15 is 0 Å². The van der Waals surface area contributed by atoms with Gasteiger partial charge in [0.1, 0.15) is 5.82 Å². The molecule has 2 N–H and O–H groups in total. The molecule has 2 unspecified atom stereocenters. The normalized spacial score (nSPS) is 23.0. The van der Waals surface area contributed by atoms with Gasteiger partial charge in [-0.2, -0.15) is 0 Å². The smallest absolute Gasteiger partial charge is 0.259 e. The van der Waals surface area contributed by atoms with Crippen LogP contribution in [0.4, 0.5) is 17.3 Å². The van der Waals surface area contributed by atoms with Crippen LogP contribution in [0.15, 0.2) is 30.6 Å². The second-order valence-electron chi connectivity index (χ2n) is 5.40. The van der Waals surface area contributed by atoms with Crippen LogP contribution in [0, 0.1) is 6.92 Å². The van der Waals surface area contributed by atoms with E-state index in [-0.39, 0.29) is 11.9 Å². The van der Waals surface area contributed by atoms with E-state index in [2.05, 4.69) is 15.3 Å². The molecule has 0 radical (unpaired) electrons. The highest BCUT2D eigenvalue weighted by Crippen LogP contribution is 2.43. The van der Waals surface area contributed by atoms with Gasteiger partial charge in [0, 0.05) is 12.4 Å². The number of hydrogen-bond acceptors (Lipinski definition) is 5. The molecule has 2 aliphatic rings. The molecule has 0 spiro atoms. The van der Waals surface area contributed by atoms with E-state index in [0.717, 1.165) is 5.56 Å². The van der Waals surface area contributed by atoms with Crippen molar-refractivity contribution in [3.63, 3.8) is 0 Å². The lowest BCUT2D eigenvalue weighted by Gasteiger charge is -2.23. The first-order chi connectivity index (χ1) is 10.2. The van der Waals surface area contributed by atoms with Gasteiger partial charge < -0.3 is 15.3 Å². The van der Waals surface area contributed by atoms with Gasteiger partial charge in [0.05, 0.1) is 23.4 Å². The van der Waals surface area contributed by atoms with Gasteiger partial charge in [-0.3, -0.25) is 4.79 Å². The molecule has 2 atom stereocenters. The molecular weight excluding hydrogens is 268 g/mol. The minimum Gasteiger partial charge on any atom is -0.391 e. The molecule has 0 saturated heterocycles. The molecule has 2 aromatic heterocycles. The molecule has 106 valence electrons. The van der Waals surface area contributed by atoms with Gasteiger partial charge in [-0.05, 0) is 37.1 Å². The third-order valence-corrected chi connectivity index (χ3v) is 3.92. The zero-order valence-corrected chi connectivity index (χ0v) is 11.4. The summed E-state index contributed by atoms with van der Waals surface area (Å²) < 4.78 is 0. The number of nitrogens with one attached hydrogen (secondary N) is 1. The van der Waals surface area contributed by atoms with Crippen molar-refractivity contribution in [2.45, 2.75) is 25.5 Å². The van der Waals surface area contributed by atoms with Crippen molar-refractivity contribution in [1.29, 1.82) is 0 Å². The molecule has 1 amide bonds. The Labute approximate surface area is 121 Å². The predicted octanol–water partition coefficient (Wildman–Crippen LogP) is 1.62. The number of anilines is 3. The van der Waals surface area contributed by atoms with E-state index in [9.17, 15) is 9.90 Å². The molecule has 0 bridgehead atoms. The van der Waals surface area contributed by atoms with E-state index in [1.54, 1.807) is 24.5 Å². The van der Waals surface area contributed by atoms with Crippen molar-refractivity contribution in [3.8, 4) is 0 Å². The quantitative estimate of drug-likeness (QED) is 0.831. The van der Waals surface area contributed by atoms with Gasteiger partial charge in [-0.1, -0.05) is 0 Å². The Kier molecular flexibility index (Phi) is 2.49. The molecule has 1 saturated carbocycles. The fourth-order valence-corrected chi connectivity index (χ4v) is 2.69. The molecule has 6 heteroatoms. The number of pyridine rings is 2. The highest BCUT2D eigenvalue weighted by molar-refractivity contribution is 6.11. The van der Waals surface area contributed by atoms with Crippen LogP contribution in [0.3, 0.4) is 0 Å². The van der Waals surface area contributed by atoms with Gasteiger partial charge in [-0.25, -0.2) is 9.97 Å². The van der Waals surface area contributed by atoms with E-state index in [1.807, 2.05) is 17.9 Å². The number of hydrogen-bond donors (Lipinski definition) is 2. The number of rotatable bonds is 1. The highest BCUT2D eigenvalue weighted by atomic mass is 16.3. The fraction of sp³-hybridized carbons (Fsp3) is 0.267. The van der Waals surface area contributed by atoms with Gasteiger partial charge in [0.15, 0.2) is 5.82 Å². The number of aliphatic hydroxyl groups is 1. The number of aliphatic hydroxyl groups excluding tert-OH is 1. The van der Waals surface area contributed by atoms with Crippen molar-refractivity contribution >= 4 is 23.2 Å². The minimum absolute atomic E-state index is 0.0839. The van der Waals surface area contributed by atoms with E-state index in [1.165, 1.54) is 0 Å². The number of fused-ring (bicyclic) bond motifs is 2. The average Bonchev–Trinajstić information content (AvgIpc) is 3.21. The largest absolute Gasteiger partial charge is 0.391 e. The Balaban J connectivity index is 1.98. The van der Waals surface area contributed by atoms with Crippen LogP contribution < -0.4 is 10.2 Å². The first kappa shape index (κ1) is 12.3. The number of aryl methyl sites for hydroxylation is 1. The van der Waals surface area contributed by atoms with Crippen LogP contribution >= 0.6 is 0 Å². The van der Waals surface area contributed by atoms with Crippen LogP contribution in [0.2, 0.25) is 0 Å². The molecule has 1 fully saturated rings. The number of carbonyl (C=O) groups is 1. The summed E-state index contributed by atoms with van der Waals surface area (Å²) in [5.74, 6) is 0.990. The van der Waals surface area contributed by atoms with Crippen molar-refractivity contribution in [2.24, 2.45) is 0 Å². The molecule has 2 aromatic rings. The lowest BCUT2D eigenvalue weighted by atomic mass is 10.2. The number of nitrogens with zero attached hydrogens (tertiary/aromatic N) is 3. The Bertz CT molecular complexity index is 746. The van der Waals surface area contributed by atoms with Crippen molar-refractivity contribution in [1.82, 2.24) is 9.97 Å². The van der Waals surface area contributed by atoms with Crippen LogP contribution in [0.1, 0.15) is 22.3 Å². The third-order valence-electron chi connectivity index (χ3n) is 3.92. The second-order valence-corrected chi connectivity index (χ2v) is 5.40. The van der Waals surface area contributed by atoms with Gasteiger partial charge in [0.25, 0.3) is 5.91 Å². The fourth-order valence-electron chi connectivity index (χ4n) is 2.69. The van der Waals surface area contributed by atoms with Gasteiger partial charge >= 0.3 is 0 Å². The highest BCUT2D eigenvalue weighted by Gasteiger charge is 2.45. The Hall–Kier alpha value is -2.47. The Morgan fingerprint density at radius 1 is 1.29 bits per heavy atom. The zero-order valence-electron chi connectivity index (χ0n) is 11.4. The number of amides is 1. The van der Waals surface area contributed by atoms with Crippen molar-refractivity contribution < 1.29 is 9.90 Å². The summed E-state index contributed by atoms with van der Waals surface area (Å²) in [6.07, 6.45) is 3.59. The average molecular weight is 282 g/mol. The Morgan fingerprint density at radius 3 is 2.81 bits per heavy atom. The van der Waals surface area contributed by atoms with Crippen LogP contribution in [-0.2, 0) is 0 Å². The summed E-state index contributed by atoms with van der Waals surface area (Å²) in [6.45, 7) is 1.92. The number of aromatic nitrogens is 2. The maximum atomic E-state index is 12.4. The molecule has 3 heterocycles. The van der Waals surface area contributed by atoms with E-state index in [0.29, 0.717) is 29.3 Å². The molecule has 1 aliphatic heterocycles. The minimum atomic E-state index is -0.414. The molecule has 4 rings (SSSR count). The van der Waals surface area contributed by atoms with Gasteiger partial charge in [0.2, 0.25) is 0 Å². The summed E-state index contributed by atoms with van der Waals surface area (Å²) in [7, 11) is 0. The lowest BCUT2D eigenvalue weighted by Crippen LogP contribution is -2.25. The summed E-state index contributed by atoms with van der Waals surface area (Å²) in [4.78, 5) is 23.1. The first-order valence-electron chi connectivity index (χ1n) is 6.86. The zero-order chi connectivity index (χ0) is 14.6. The van der Waals surface area contributed by atoms with E-state index < -0.39 is 6.10 Å². The summed E-state index contributed by atoms with van der Waals surface area (Å²) in [6, 6.07) is 5.24. The summed E-state index contributed by atoms with van der Waals surface area (Å²) in [5, 5.41) is 12.8. The first-order valence-corrected chi connectivity index (χ1v) is 6.86. The van der Waals surface area contributed by atoms with Crippen LogP contribution in [-0.4, -0.2) is 33.1 Å². The summed E-state index contributed by atoms with van der Waals surface area (Å²) in [5.41, 5.74) is 2.11. The maximum absolute atomic E-state index is 12.4. The second kappa shape index (κ2) is 4.26. The topological polar surface area (TPSA) is 78.4 Å². The predicted molar refractivity (Wildman–Crippen MR) is 77.7 cm³/mol. The molecule has 0 aromatic carbocycles. The van der Waals surface area contributed by atoms with E-state index in [4.69, 9.17) is 0 Å². The molecular formula is C15H14N4O2.